The summed E-state index contributed by atoms with van der Waals surface area (Å²) in [6, 6.07) is 10.1. The van der Waals surface area contributed by atoms with E-state index >= 15 is 0 Å². The van der Waals surface area contributed by atoms with E-state index in [1.54, 1.807) is 0 Å². The van der Waals surface area contributed by atoms with Crippen molar-refractivity contribution in [1.82, 2.24) is 4.98 Å². The summed E-state index contributed by atoms with van der Waals surface area (Å²) in [4.78, 5) is 4.32. The first-order valence-corrected chi connectivity index (χ1v) is 5.42. The van der Waals surface area contributed by atoms with Crippen molar-refractivity contribution in [2.24, 2.45) is 0 Å². The highest BCUT2D eigenvalue weighted by Gasteiger charge is 2.16. The lowest BCUT2D eigenvalue weighted by molar-refractivity contribution is 0.596. The molecule has 0 saturated carbocycles. The Kier molecular flexibility index (Phi) is 2.43. The molecule has 0 bridgehead atoms. The summed E-state index contributed by atoms with van der Waals surface area (Å²) in [6.07, 6.45) is 0. The lowest BCUT2D eigenvalue weighted by atomic mass is 9.84. The smallest absolute Gasteiger partial charge is 0.129 e. The van der Waals surface area contributed by atoms with Crippen molar-refractivity contribution in [3.05, 3.63) is 41.0 Å². The molecule has 1 aromatic carbocycles. The molecule has 15 heavy (non-hydrogen) atoms. The maximum absolute atomic E-state index is 5.87. The van der Waals surface area contributed by atoms with Crippen LogP contribution in [0.25, 0.3) is 10.9 Å². The van der Waals surface area contributed by atoms with Crippen LogP contribution in [0, 0.1) is 0 Å². The molecule has 0 amide bonds. The Hall–Kier alpha value is -1.08. The van der Waals surface area contributed by atoms with Crippen molar-refractivity contribution in [3.8, 4) is 0 Å². The van der Waals surface area contributed by atoms with Crippen LogP contribution in [-0.2, 0) is 5.41 Å². The molecule has 0 aliphatic carbocycles. The number of pyridine rings is 1. The average Bonchev–Trinajstić information content (AvgIpc) is 2.15. The van der Waals surface area contributed by atoms with E-state index in [4.69, 9.17) is 11.6 Å². The number of benzene rings is 1. The quantitative estimate of drug-likeness (QED) is 0.606. The molecule has 0 saturated heterocycles. The molecule has 0 fully saturated rings. The molecule has 2 rings (SSSR count). The Morgan fingerprint density at radius 1 is 1.07 bits per heavy atom. The molecule has 2 heteroatoms. The summed E-state index contributed by atoms with van der Waals surface area (Å²) in [7, 11) is 0. The van der Waals surface area contributed by atoms with E-state index in [2.05, 4.69) is 31.8 Å². The summed E-state index contributed by atoms with van der Waals surface area (Å²) >= 11 is 5.87. The van der Waals surface area contributed by atoms with Gasteiger partial charge in [0.15, 0.2) is 0 Å². The van der Waals surface area contributed by atoms with Gasteiger partial charge in [-0.3, -0.25) is 0 Å². The Balaban J connectivity index is 2.77. The molecule has 0 unspecified atom stereocenters. The van der Waals surface area contributed by atoms with Crippen molar-refractivity contribution in [1.29, 1.82) is 0 Å². The topological polar surface area (TPSA) is 12.9 Å². The van der Waals surface area contributed by atoms with Gasteiger partial charge < -0.3 is 0 Å². The van der Waals surface area contributed by atoms with E-state index in [1.165, 1.54) is 10.9 Å². The monoisotopic (exact) mass is 219 g/mol. The molecule has 78 valence electrons. The van der Waals surface area contributed by atoms with Gasteiger partial charge in [-0.1, -0.05) is 44.5 Å². The first-order valence-electron chi connectivity index (χ1n) is 5.04. The van der Waals surface area contributed by atoms with Crippen LogP contribution < -0.4 is 0 Å². The highest BCUT2D eigenvalue weighted by atomic mass is 35.5. The fourth-order valence-electron chi connectivity index (χ4n) is 1.78. The minimum Gasteiger partial charge on any atom is -0.236 e. The van der Waals surface area contributed by atoms with Gasteiger partial charge in [-0.2, -0.15) is 0 Å². The van der Waals surface area contributed by atoms with Crippen molar-refractivity contribution in [2.45, 2.75) is 26.2 Å². The van der Waals surface area contributed by atoms with Gasteiger partial charge >= 0.3 is 0 Å². The Morgan fingerprint density at radius 3 is 2.47 bits per heavy atom. The largest absolute Gasteiger partial charge is 0.236 e. The van der Waals surface area contributed by atoms with E-state index in [0.717, 1.165) is 5.52 Å². The van der Waals surface area contributed by atoms with Gasteiger partial charge in [-0.15, -0.1) is 0 Å². The minimum atomic E-state index is 0.134. The first kappa shape index (κ1) is 10.4. The second kappa shape index (κ2) is 3.49. The lowest BCUT2D eigenvalue weighted by Gasteiger charge is -2.20. The molecule has 0 N–H and O–H groups in total. The highest BCUT2D eigenvalue weighted by Crippen LogP contribution is 2.29. The van der Waals surface area contributed by atoms with Crippen molar-refractivity contribution in [3.63, 3.8) is 0 Å². The molecule has 1 aromatic heterocycles. The van der Waals surface area contributed by atoms with Crippen molar-refractivity contribution in [2.75, 3.05) is 0 Å². The number of nitrogens with zero attached hydrogens (tertiary/aromatic N) is 1. The Bertz CT molecular complexity index is 497. The number of hydrogen-bond acceptors (Lipinski definition) is 1. The molecule has 0 aliphatic heterocycles. The third kappa shape index (κ3) is 1.98. The molecular formula is C13H14ClN. The SMILES string of the molecule is CC(C)(C)c1cccc2nc(Cl)ccc12. The molecule has 1 nitrogen and oxygen atoms in total. The van der Waals surface area contributed by atoms with E-state index in [1.807, 2.05) is 24.3 Å². The van der Waals surface area contributed by atoms with Gasteiger partial charge in [0.1, 0.15) is 5.15 Å². The van der Waals surface area contributed by atoms with Gasteiger partial charge in [0.05, 0.1) is 5.52 Å². The fraction of sp³-hybridized carbons (Fsp3) is 0.308. The van der Waals surface area contributed by atoms with Crippen LogP contribution in [-0.4, -0.2) is 4.98 Å². The zero-order chi connectivity index (χ0) is 11.1. The van der Waals surface area contributed by atoms with Crippen LogP contribution in [0.15, 0.2) is 30.3 Å². The molecular weight excluding hydrogens is 206 g/mol. The van der Waals surface area contributed by atoms with Crippen molar-refractivity contribution >= 4 is 22.5 Å². The Labute approximate surface area is 95.1 Å². The van der Waals surface area contributed by atoms with Gasteiger partial charge in [-0.05, 0) is 29.2 Å². The van der Waals surface area contributed by atoms with Gasteiger partial charge in [0.2, 0.25) is 0 Å². The number of aromatic nitrogens is 1. The number of halogens is 1. The average molecular weight is 220 g/mol. The van der Waals surface area contributed by atoms with Crippen LogP contribution in [0.3, 0.4) is 0 Å². The number of fused-ring (bicyclic) bond motifs is 1. The van der Waals surface area contributed by atoms with Crippen LogP contribution in [0.1, 0.15) is 26.3 Å². The zero-order valence-electron chi connectivity index (χ0n) is 9.21. The first-order chi connectivity index (χ1) is 6.98. The van der Waals surface area contributed by atoms with E-state index in [0.29, 0.717) is 5.15 Å². The van der Waals surface area contributed by atoms with Crippen LogP contribution in [0.4, 0.5) is 0 Å². The van der Waals surface area contributed by atoms with Gasteiger partial charge in [0, 0.05) is 5.39 Å². The number of rotatable bonds is 0. The summed E-state index contributed by atoms with van der Waals surface area (Å²) in [5.41, 5.74) is 2.41. The van der Waals surface area contributed by atoms with E-state index in [-0.39, 0.29) is 5.41 Å². The molecule has 2 aromatic rings. The third-order valence-corrected chi connectivity index (χ3v) is 2.72. The highest BCUT2D eigenvalue weighted by molar-refractivity contribution is 6.29. The van der Waals surface area contributed by atoms with E-state index < -0.39 is 0 Å². The normalized spacial score (nSPS) is 12.0. The summed E-state index contributed by atoms with van der Waals surface area (Å²) in [5.74, 6) is 0. The molecule has 0 aliphatic rings. The molecule has 0 atom stereocenters. The minimum absolute atomic E-state index is 0.134. The fourth-order valence-corrected chi connectivity index (χ4v) is 1.94. The maximum atomic E-state index is 5.87. The molecule has 0 radical (unpaired) electrons. The zero-order valence-corrected chi connectivity index (χ0v) is 9.97. The van der Waals surface area contributed by atoms with E-state index in [9.17, 15) is 0 Å². The summed E-state index contributed by atoms with van der Waals surface area (Å²) < 4.78 is 0. The van der Waals surface area contributed by atoms with Gasteiger partial charge in [-0.25, -0.2) is 4.98 Å². The van der Waals surface area contributed by atoms with Crippen molar-refractivity contribution < 1.29 is 0 Å². The summed E-state index contributed by atoms with van der Waals surface area (Å²) in [6.45, 7) is 6.61. The van der Waals surface area contributed by atoms with Gasteiger partial charge in [0.25, 0.3) is 0 Å². The predicted molar refractivity (Wildman–Crippen MR) is 65.5 cm³/mol. The predicted octanol–water partition coefficient (Wildman–Crippen LogP) is 4.19. The maximum Gasteiger partial charge on any atom is 0.129 e. The standard InChI is InChI=1S/C13H14ClN/c1-13(2,3)10-5-4-6-11-9(10)7-8-12(14)15-11/h4-8H,1-3H3. The molecule has 0 spiro atoms. The third-order valence-electron chi connectivity index (χ3n) is 2.51. The molecule has 1 heterocycles. The summed E-state index contributed by atoms with van der Waals surface area (Å²) in [5, 5.41) is 1.74. The second-order valence-corrected chi connectivity index (χ2v) is 5.14. The Morgan fingerprint density at radius 2 is 1.80 bits per heavy atom. The lowest BCUT2D eigenvalue weighted by Crippen LogP contribution is -2.11. The number of hydrogen-bond donors (Lipinski definition) is 0. The van der Waals surface area contributed by atoms with Crippen LogP contribution in [0.5, 0.6) is 0 Å². The van der Waals surface area contributed by atoms with Crippen LogP contribution >= 0.6 is 11.6 Å². The van der Waals surface area contributed by atoms with Crippen LogP contribution in [0.2, 0.25) is 5.15 Å². The second-order valence-electron chi connectivity index (χ2n) is 4.76.